The Balaban J connectivity index is 4.53. The number of carbonyl (C=O) groups excluding carboxylic acids is 1. The summed E-state index contributed by atoms with van der Waals surface area (Å²) in [7, 11) is 0. The Morgan fingerprint density at radius 1 is 1.31 bits per heavy atom. The van der Waals surface area contributed by atoms with Crippen LogP contribution in [0.5, 0.6) is 0 Å². The summed E-state index contributed by atoms with van der Waals surface area (Å²) < 4.78 is 0. The van der Waals surface area contributed by atoms with Crippen LogP contribution >= 0.6 is 0 Å². The van der Waals surface area contributed by atoms with Crippen molar-refractivity contribution in [3.05, 3.63) is 12.7 Å². The van der Waals surface area contributed by atoms with Gasteiger partial charge in [0.25, 0.3) is 0 Å². The Labute approximate surface area is 81.6 Å². The first-order valence-corrected chi connectivity index (χ1v) is 5.03. The van der Waals surface area contributed by atoms with Crippen molar-refractivity contribution in [2.24, 2.45) is 0 Å². The topological polar surface area (TPSA) is 20.3 Å². The van der Waals surface area contributed by atoms with Crippen LogP contribution < -0.4 is 0 Å². The van der Waals surface area contributed by atoms with Crippen molar-refractivity contribution in [2.45, 2.75) is 52.6 Å². The highest BCUT2D eigenvalue weighted by molar-refractivity contribution is 5.87. The van der Waals surface area contributed by atoms with Crippen LogP contribution in [-0.4, -0.2) is 22.9 Å². The first-order chi connectivity index (χ1) is 6.08. The van der Waals surface area contributed by atoms with E-state index in [1.54, 1.807) is 0 Å². The van der Waals surface area contributed by atoms with Crippen LogP contribution in [0.25, 0.3) is 0 Å². The first kappa shape index (κ1) is 12.2. The Kier molecular flexibility index (Phi) is 5.44. The normalized spacial score (nSPS) is 14.8. The lowest BCUT2D eigenvalue weighted by Gasteiger charge is -2.33. The predicted octanol–water partition coefficient (Wildman–Crippen LogP) is 2.60. The molecule has 0 aliphatic carbocycles. The monoisotopic (exact) mass is 183 g/mol. The zero-order valence-corrected chi connectivity index (χ0v) is 9.21. The van der Waals surface area contributed by atoms with Gasteiger partial charge in [0.15, 0.2) is 0 Å². The first-order valence-electron chi connectivity index (χ1n) is 5.03. The molecule has 0 rings (SSSR count). The Morgan fingerprint density at radius 3 is 1.92 bits per heavy atom. The molecule has 0 N–H and O–H groups in total. The average Bonchev–Trinajstić information content (AvgIpc) is 2.16. The number of hydrogen-bond donors (Lipinski definition) is 0. The van der Waals surface area contributed by atoms with E-state index in [1.807, 2.05) is 4.90 Å². The molecule has 76 valence electrons. The fraction of sp³-hybridized carbons (Fsp3) is 0.727. The zero-order chi connectivity index (χ0) is 10.4. The summed E-state index contributed by atoms with van der Waals surface area (Å²) in [5, 5.41) is 0. The van der Waals surface area contributed by atoms with E-state index in [0.29, 0.717) is 12.1 Å². The van der Waals surface area contributed by atoms with E-state index in [2.05, 4.69) is 34.3 Å². The quantitative estimate of drug-likeness (QED) is 0.600. The maximum absolute atomic E-state index is 11.5. The summed E-state index contributed by atoms with van der Waals surface area (Å²) in [4.78, 5) is 13.4. The zero-order valence-electron chi connectivity index (χ0n) is 9.21. The summed E-state index contributed by atoms with van der Waals surface area (Å²) in [5.41, 5.74) is 0. The minimum atomic E-state index is 0.0451. The molecule has 1 amide bonds. The van der Waals surface area contributed by atoms with E-state index in [1.165, 1.54) is 6.08 Å². The molecule has 0 spiro atoms. The van der Waals surface area contributed by atoms with Crippen LogP contribution in [-0.2, 0) is 4.79 Å². The van der Waals surface area contributed by atoms with E-state index in [-0.39, 0.29) is 5.91 Å². The lowest BCUT2D eigenvalue weighted by Crippen LogP contribution is -2.43. The predicted molar refractivity (Wildman–Crippen MR) is 56.5 cm³/mol. The minimum Gasteiger partial charge on any atom is -0.334 e. The van der Waals surface area contributed by atoms with Crippen molar-refractivity contribution in [1.29, 1.82) is 0 Å². The maximum atomic E-state index is 11.5. The minimum absolute atomic E-state index is 0.0451. The lowest BCUT2D eigenvalue weighted by atomic mass is 10.1. The number of rotatable bonds is 5. The second-order valence-electron chi connectivity index (χ2n) is 3.46. The molecular weight excluding hydrogens is 162 g/mol. The molecule has 0 aromatic carbocycles. The molecule has 0 aliphatic rings. The van der Waals surface area contributed by atoms with Gasteiger partial charge in [-0.1, -0.05) is 20.4 Å². The summed E-state index contributed by atoms with van der Waals surface area (Å²) in [5.74, 6) is 0.0451. The average molecular weight is 183 g/mol. The van der Waals surface area contributed by atoms with Gasteiger partial charge in [0.2, 0.25) is 5.91 Å². The molecule has 0 saturated carbocycles. The van der Waals surface area contributed by atoms with Crippen LogP contribution in [0.15, 0.2) is 12.7 Å². The molecule has 2 heteroatoms. The SMILES string of the molecule is C=CC(=O)N(C(C)CC)C(C)CC. The smallest absolute Gasteiger partial charge is 0.246 e. The molecule has 0 aromatic rings. The summed E-state index contributed by atoms with van der Waals surface area (Å²) in [6, 6.07) is 0.612. The molecule has 0 radical (unpaired) electrons. The van der Waals surface area contributed by atoms with Gasteiger partial charge in [-0.05, 0) is 32.8 Å². The van der Waals surface area contributed by atoms with Gasteiger partial charge in [-0.3, -0.25) is 4.79 Å². The molecule has 13 heavy (non-hydrogen) atoms. The van der Waals surface area contributed by atoms with Crippen LogP contribution in [0.3, 0.4) is 0 Å². The summed E-state index contributed by atoms with van der Waals surface area (Å²) in [6.07, 6.45) is 3.38. The van der Waals surface area contributed by atoms with Gasteiger partial charge in [-0.25, -0.2) is 0 Å². The van der Waals surface area contributed by atoms with Crippen molar-refractivity contribution < 1.29 is 4.79 Å². The van der Waals surface area contributed by atoms with Crippen molar-refractivity contribution in [1.82, 2.24) is 4.90 Å². The standard InChI is InChI=1S/C11H21NO/c1-6-9(4)12(10(5)7-2)11(13)8-3/h8-10H,3,6-7H2,1-2,4-5H3. The Morgan fingerprint density at radius 2 is 1.69 bits per heavy atom. The number of nitrogens with zero attached hydrogens (tertiary/aromatic N) is 1. The van der Waals surface area contributed by atoms with Crippen LogP contribution in [0.2, 0.25) is 0 Å². The molecule has 0 saturated heterocycles. The summed E-state index contributed by atoms with van der Waals surface area (Å²) >= 11 is 0. The van der Waals surface area contributed by atoms with Gasteiger partial charge in [0.05, 0.1) is 0 Å². The van der Waals surface area contributed by atoms with Gasteiger partial charge < -0.3 is 4.90 Å². The van der Waals surface area contributed by atoms with Gasteiger partial charge in [-0.15, -0.1) is 0 Å². The molecule has 0 fully saturated rings. The van der Waals surface area contributed by atoms with Gasteiger partial charge >= 0.3 is 0 Å². The third-order valence-electron chi connectivity index (χ3n) is 2.56. The molecule has 0 bridgehead atoms. The Bertz CT molecular complexity index is 167. The fourth-order valence-electron chi connectivity index (χ4n) is 1.37. The highest BCUT2D eigenvalue weighted by Gasteiger charge is 2.20. The Hall–Kier alpha value is -0.790. The van der Waals surface area contributed by atoms with Crippen molar-refractivity contribution >= 4 is 5.91 Å². The van der Waals surface area contributed by atoms with E-state index < -0.39 is 0 Å². The van der Waals surface area contributed by atoms with E-state index in [0.717, 1.165) is 12.8 Å². The molecule has 0 aliphatic heterocycles. The fourth-order valence-corrected chi connectivity index (χ4v) is 1.37. The van der Waals surface area contributed by atoms with Gasteiger partial charge in [0.1, 0.15) is 0 Å². The molecule has 0 heterocycles. The van der Waals surface area contributed by atoms with Crippen LogP contribution in [0.1, 0.15) is 40.5 Å². The second kappa shape index (κ2) is 5.79. The number of amides is 1. The van der Waals surface area contributed by atoms with Gasteiger partial charge in [0, 0.05) is 12.1 Å². The molecule has 2 atom stereocenters. The molecule has 0 aromatic heterocycles. The third kappa shape index (κ3) is 3.21. The van der Waals surface area contributed by atoms with Crippen molar-refractivity contribution in [3.63, 3.8) is 0 Å². The maximum Gasteiger partial charge on any atom is 0.246 e. The molecule has 2 unspecified atom stereocenters. The van der Waals surface area contributed by atoms with Gasteiger partial charge in [-0.2, -0.15) is 0 Å². The highest BCUT2D eigenvalue weighted by atomic mass is 16.2. The molecular formula is C11H21NO. The lowest BCUT2D eigenvalue weighted by molar-refractivity contribution is -0.130. The third-order valence-corrected chi connectivity index (χ3v) is 2.56. The summed E-state index contributed by atoms with van der Waals surface area (Å²) in [6.45, 7) is 11.9. The second-order valence-corrected chi connectivity index (χ2v) is 3.46. The van der Waals surface area contributed by atoms with E-state index in [4.69, 9.17) is 0 Å². The van der Waals surface area contributed by atoms with Crippen LogP contribution in [0.4, 0.5) is 0 Å². The van der Waals surface area contributed by atoms with E-state index >= 15 is 0 Å². The van der Waals surface area contributed by atoms with E-state index in [9.17, 15) is 4.79 Å². The van der Waals surface area contributed by atoms with Crippen LogP contribution in [0, 0.1) is 0 Å². The van der Waals surface area contributed by atoms with Crippen molar-refractivity contribution in [2.75, 3.05) is 0 Å². The number of hydrogen-bond acceptors (Lipinski definition) is 1. The van der Waals surface area contributed by atoms with Crippen molar-refractivity contribution in [3.8, 4) is 0 Å². The molecule has 2 nitrogen and oxygen atoms in total. The number of carbonyl (C=O) groups is 1. The largest absolute Gasteiger partial charge is 0.334 e. The highest BCUT2D eigenvalue weighted by Crippen LogP contribution is 2.12.